The van der Waals surface area contributed by atoms with Gasteiger partial charge in [0.1, 0.15) is 5.01 Å². The molecule has 6 heteroatoms. The number of nitrogens with one attached hydrogen (secondary N) is 2. The lowest BCUT2D eigenvalue weighted by Crippen LogP contribution is -2.39. The minimum Gasteiger partial charge on any atom is -0.338 e. The number of amides is 2. The monoisotopic (exact) mass is 330 g/mol. The minimum absolute atomic E-state index is 0.0507. The molecule has 2 aromatic rings. The molecular weight excluding hydrogens is 308 g/mol. The quantitative estimate of drug-likeness (QED) is 0.855. The molecule has 2 amide bonds. The molecule has 0 radical (unpaired) electrons. The first-order valence-corrected chi connectivity index (χ1v) is 8.81. The molecule has 0 saturated heterocycles. The fraction of sp³-hybridized carbons (Fsp3) is 0.471. The lowest BCUT2D eigenvalue weighted by atomic mass is 10.2. The summed E-state index contributed by atoms with van der Waals surface area (Å²) in [5, 5.41) is 7.04. The number of urea groups is 1. The summed E-state index contributed by atoms with van der Waals surface area (Å²) in [5.41, 5.74) is 2.13. The zero-order valence-corrected chi connectivity index (χ0v) is 14.3. The van der Waals surface area contributed by atoms with Gasteiger partial charge in [-0.05, 0) is 50.7 Å². The maximum absolute atomic E-state index is 12.1. The fourth-order valence-electron chi connectivity index (χ4n) is 2.49. The van der Waals surface area contributed by atoms with Gasteiger partial charge in [0.25, 0.3) is 0 Å². The predicted molar refractivity (Wildman–Crippen MR) is 91.5 cm³/mol. The standard InChI is InChI=1S/C17H22N4OS/c1-11-3-4-13(10-19-11)7-8-18-17(22)21-15(14-5-6-14)16-20-9-12(2)23-16/h3-4,9-10,14-15H,5-8H2,1-2H3,(H2,18,21,22)/t15-/m0/s1. The van der Waals surface area contributed by atoms with Crippen molar-refractivity contribution in [2.75, 3.05) is 6.54 Å². The van der Waals surface area contributed by atoms with Crippen molar-refractivity contribution < 1.29 is 4.79 Å². The molecule has 2 N–H and O–H groups in total. The Morgan fingerprint density at radius 1 is 1.30 bits per heavy atom. The summed E-state index contributed by atoms with van der Waals surface area (Å²) in [4.78, 5) is 22.0. The fourth-order valence-corrected chi connectivity index (χ4v) is 3.40. The normalized spacial score (nSPS) is 15.2. The average molecular weight is 330 g/mol. The van der Waals surface area contributed by atoms with E-state index in [-0.39, 0.29) is 12.1 Å². The van der Waals surface area contributed by atoms with E-state index >= 15 is 0 Å². The van der Waals surface area contributed by atoms with Gasteiger partial charge in [-0.1, -0.05) is 6.07 Å². The van der Waals surface area contributed by atoms with Crippen molar-refractivity contribution >= 4 is 17.4 Å². The van der Waals surface area contributed by atoms with Gasteiger partial charge in [0.2, 0.25) is 0 Å². The van der Waals surface area contributed by atoms with Crippen LogP contribution >= 0.6 is 11.3 Å². The highest BCUT2D eigenvalue weighted by molar-refractivity contribution is 7.11. The molecule has 3 rings (SSSR count). The van der Waals surface area contributed by atoms with Gasteiger partial charge in [0.15, 0.2) is 0 Å². The Bertz CT molecular complexity index is 663. The lowest BCUT2D eigenvalue weighted by molar-refractivity contribution is 0.235. The smallest absolute Gasteiger partial charge is 0.315 e. The van der Waals surface area contributed by atoms with Crippen LogP contribution in [0.15, 0.2) is 24.5 Å². The van der Waals surface area contributed by atoms with Crippen LogP contribution < -0.4 is 10.6 Å². The molecule has 0 aliphatic heterocycles. The highest BCUT2D eigenvalue weighted by atomic mass is 32.1. The molecule has 2 aromatic heterocycles. The number of carbonyl (C=O) groups excluding carboxylic acids is 1. The van der Waals surface area contributed by atoms with E-state index in [2.05, 4.69) is 20.6 Å². The maximum Gasteiger partial charge on any atom is 0.315 e. The number of carbonyl (C=O) groups is 1. The molecule has 1 aliphatic rings. The van der Waals surface area contributed by atoms with Crippen molar-refractivity contribution in [3.8, 4) is 0 Å². The number of rotatable bonds is 6. The Hall–Kier alpha value is -1.95. The number of hydrogen-bond acceptors (Lipinski definition) is 4. The molecule has 1 fully saturated rings. The van der Waals surface area contributed by atoms with E-state index < -0.39 is 0 Å². The number of aromatic nitrogens is 2. The van der Waals surface area contributed by atoms with Crippen LogP contribution in [0.1, 0.15) is 40.0 Å². The molecule has 1 aliphatic carbocycles. The van der Waals surface area contributed by atoms with E-state index in [0.29, 0.717) is 12.5 Å². The number of hydrogen-bond donors (Lipinski definition) is 2. The van der Waals surface area contributed by atoms with Crippen molar-refractivity contribution in [3.63, 3.8) is 0 Å². The van der Waals surface area contributed by atoms with Crippen LogP contribution in [-0.2, 0) is 6.42 Å². The van der Waals surface area contributed by atoms with Gasteiger partial charge in [-0.15, -0.1) is 11.3 Å². The number of aryl methyl sites for hydroxylation is 2. The van der Waals surface area contributed by atoms with Gasteiger partial charge >= 0.3 is 6.03 Å². The molecule has 1 atom stereocenters. The van der Waals surface area contributed by atoms with Crippen LogP contribution in [0.25, 0.3) is 0 Å². The number of nitrogens with zero attached hydrogens (tertiary/aromatic N) is 2. The molecule has 0 aromatic carbocycles. The first kappa shape index (κ1) is 15.9. The second-order valence-corrected chi connectivity index (χ2v) is 7.35. The van der Waals surface area contributed by atoms with E-state index in [0.717, 1.165) is 22.7 Å². The third-order valence-corrected chi connectivity index (χ3v) is 4.95. The summed E-state index contributed by atoms with van der Waals surface area (Å²) < 4.78 is 0. The maximum atomic E-state index is 12.1. The molecule has 122 valence electrons. The summed E-state index contributed by atoms with van der Waals surface area (Å²) in [6.07, 6.45) is 6.85. The summed E-state index contributed by atoms with van der Waals surface area (Å²) in [7, 11) is 0. The second-order valence-electron chi connectivity index (χ2n) is 6.08. The Balaban J connectivity index is 1.48. The zero-order valence-electron chi connectivity index (χ0n) is 13.5. The van der Waals surface area contributed by atoms with Crippen molar-refractivity contribution in [1.29, 1.82) is 0 Å². The summed E-state index contributed by atoms with van der Waals surface area (Å²) in [5.74, 6) is 0.535. The van der Waals surface area contributed by atoms with Crippen LogP contribution in [0.5, 0.6) is 0 Å². The highest BCUT2D eigenvalue weighted by Crippen LogP contribution is 2.41. The van der Waals surface area contributed by atoms with E-state index in [1.807, 2.05) is 38.4 Å². The topological polar surface area (TPSA) is 66.9 Å². The largest absolute Gasteiger partial charge is 0.338 e. The molecule has 0 spiro atoms. The van der Waals surface area contributed by atoms with E-state index in [9.17, 15) is 4.79 Å². The van der Waals surface area contributed by atoms with Crippen LogP contribution in [0, 0.1) is 19.8 Å². The molecule has 5 nitrogen and oxygen atoms in total. The molecule has 2 heterocycles. The number of pyridine rings is 1. The van der Waals surface area contributed by atoms with Crippen molar-refractivity contribution in [2.24, 2.45) is 5.92 Å². The molecule has 0 bridgehead atoms. The van der Waals surface area contributed by atoms with Crippen LogP contribution in [-0.4, -0.2) is 22.5 Å². The molecular formula is C17H22N4OS. The SMILES string of the molecule is Cc1ccc(CCNC(=O)N[C@H](c2ncc(C)s2)C2CC2)cn1. The van der Waals surface area contributed by atoms with Gasteiger partial charge in [0, 0.05) is 29.5 Å². The molecule has 23 heavy (non-hydrogen) atoms. The van der Waals surface area contributed by atoms with E-state index in [1.165, 1.54) is 17.7 Å². The Morgan fingerprint density at radius 3 is 2.74 bits per heavy atom. The van der Waals surface area contributed by atoms with E-state index in [4.69, 9.17) is 0 Å². The summed E-state index contributed by atoms with van der Waals surface area (Å²) >= 11 is 1.67. The van der Waals surface area contributed by atoms with Gasteiger partial charge < -0.3 is 10.6 Å². The van der Waals surface area contributed by atoms with Gasteiger partial charge in [-0.25, -0.2) is 9.78 Å². The van der Waals surface area contributed by atoms with Crippen LogP contribution in [0.3, 0.4) is 0 Å². The Morgan fingerprint density at radius 2 is 2.13 bits per heavy atom. The molecule has 1 saturated carbocycles. The lowest BCUT2D eigenvalue weighted by Gasteiger charge is -2.16. The van der Waals surface area contributed by atoms with Crippen molar-refractivity contribution in [3.05, 3.63) is 45.7 Å². The average Bonchev–Trinajstić information content (AvgIpc) is 3.28. The second kappa shape index (κ2) is 7.08. The van der Waals surface area contributed by atoms with Gasteiger partial charge in [0.05, 0.1) is 6.04 Å². The van der Waals surface area contributed by atoms with E-state index in [1.54, 1.807) is 11.3 Å². The number of thiazole rings is 1. The first-order chi connectivity index (χ1) is 11.1. The first-order valence-electron chi connectivity index (χ1n) is 8.00. The molecule has 0 unspecified atom stereocenters. The van der Waals surface area contributed by atoms with Crippen molar-refractivity contribution in [1.82, 2.24) is 20.6 Å². The Kier molecular flexibility index (Phi) is 4.91. The zero-order chi connectivity index (χ0) is 16.2. The Labute approximate surface area is 140 Å². The van der Waals surface area contributed by atoms with Crippen molar-refractivity contribution in [2.45, 2.75) is 39.2 Å². The third kappa shape index (κ3) is 4.51. The predicted octanol–water partition coefficient (Wildman–Crippen LogP) is 3.15. The van der Waals surface area contributed by atoms with Crippen LogP contribution in [0.2, 0.25) is 0 Å². The minimum atomic E-state index is -0.116. The van der Waals surface area contributed by atoms with Gasteiger partial charge in [-0.3, -0.25) is 4.98 Å². The summed E-state index contributed by atoms with van der Waals surface area (Å²) in [6.45, 7) is 4.61. The highest BCUT2D eigenvalue weighted by Gasteiger charge is 2.35. The summed E-state index contributed by atoms with van der Waals surface area (Å²) in [6, 6.07) is 3.97. The van der Waals surface area contributed by atoms with Gasteiger partial charge in [-0.2, -0.15) is 0 Å². The van der Waals surface area contributed by atoms with Crippen LogP contribution in [0.4, 0.5) is 4.79 Å². The third-order valence-electron chi connectivity index (χ3n) is 3.96.